The molecule has 0 aromatic heterocycles. The van der Waals surface area contributed by atoms with Gasteiger partial charge in [0.05, 0.1) is 5.75 Å². The molecule has 0 saturated heterocycles. The number of sulfone groups is 1. The molecule has 0 aliphatic heterocycles. The van der Waals surface area contributed by atoms with Crippen molar-refractivity contribution in [1.29, 1.82) is 0 Å². The van der Waals surface area contributed by atoms with E-state index in [1.54, 1.807) is 6.92 Å². The number of nitrogens with two attached hydrogens (primary N) is 1. The van der Waals surface area contributed by atoms with Crippen LogP contribution in [0.1, 0.15) is 40.0 Å². The third kappa shape index (κ3) is 6.38. The van der Waals surface area contributed by atoms with E-state index in [2.05, 4.69) is 13.8 Å². The summed E-state index contributed by atoms with van der Waals surface area (Å²) in [7, 11) is -2.78. The average Bonchev–Trinajstić information content (AvgIpc) is 2.12. The molecule has 0 aliphatic rings. The second kappa shape index (κ2) is 6.40. The minimum Gasteiger partial charge on any atom is -0.327 e. The van der Waals surface area contributed by atoms with Crippen LogP contribution >= 0.6 is 0 Å². The van der Waals surface area contributed by atoms with Crippen molar-refractivity contribution in [3.05, 3.63) is 0 Å². The van der Waals surface area contributed by atoms with Gasteiger partial charge in [-0.2, -0.15) is 0 Å². The van der Waals surface area contributed by atoms with E-state index in [9.17, 15) is 8.42 Å². The van der Waals surface area contributed by atoms with Gasteiger partial charge < -0.3 is 5.73 Å². The summed E-state index contributed by atoms with van der Waals surface area (Å²) in [5.74, 6) is 1.05. The average molecular weight is 221 g/mol. The number of rotatable bonds is 7. The molecule has 2 N–H and O–H groups in total. The molecular weight excluding hydrogens is 198 g/mol. The molecule has 0 saturated carbocycles. The molecule has 1 unspecified atom stereocenters. The molecule has 0 bridgehead atoms. The summed E-state index contributed by atoms with van der Waals surface area (Å²) in [5, 5.41) is 0. The number of hydrogen-bond acceptors (Lipinski definition) is 3. The first-order chi connectivity index (χ1) is 6.39. The number of unbranched alkanes of at least 4 members (excludes halogenated alkanes) is 1. The van der Waals surface area contributed by atoms with Crippen molar-refractivity contribution in [3.8, 4) is 0 Å². The van der Waals surface area contributed by atoms with Crippen molar-refractivity contribution in [2.45, 2.75) is 46.1 Å². The highest BCUT2D eigenvalue weighted by Gasteiger charge is 2.09. The Bertz CT molecular complexity index is 235. The predicted molar refractivity (Wildman–Crippen MR) is 61.0 cm³/mol. The van der Waals surface area contributed by atoms with Crippen LogP contribution in [0, 0.1) is 5.92 Å². The highest BCUT2D eigenvalue weighted by molar-refractivity contribution is 7.91. The Labute approximate surface area is 88.0 Å². The molecule has 0 aromatic rings. The first kappa shape index (κ1) is 13.9. The SMILES string of the molecule is CCS(=O)(=O)CCCCC(N)C(C)C. The Hall–Kier alpha value is -0.0900. The van der Waals surface area contributed by atoms with Gasteiger partial charge in [-0.15, -0.1) is 0 Å². The Morgan fingerprint density at radius 3 is 2.21 bits per heavy atom. The summed E-state index contributed by atoms with van der Waals surface area (Å²) >= 11 is 0. The molecule has 4 heteroatoms. The van der Waals surface area contributed by atoms with Crippen LogP contribution in [-0.2, 0) is 9.84 Å². The summed E-state index contributed by atoms with van der Waals surface area (Å²) in [6, 6.07) is 0.208. The predicted octanol–water partition coefficient (Wildman–Crippen LogP) is 1.57. The molecule has 0 heterocycles. The second-order valence-electron chi connectivity index (χ2n) is 4.14. The highest BCUT2D eigenvalue weighted by Crippen LogP contribution is 2.08. The van der Waals surface area contributed by atoms with Gasteiger partial charge in [-0.25, -0.2) is 8.42 Å². The summed E-state index contributed by atoms with van der Waals surface area (Å²) < 4.78 is 22.3. The third-order valence-electron chi connectivity index (χ3n) is 2.54. The molecule has 0 rings (SSSR count). The van der Waals surface area contributed by atoms with Gasteiger partial charge in [0.1, 0.15) is 9.84 Å². The van der Waals surface area contributed by atoms with Crippen LogP contribution < -0.4 is 5.73 Å². The van der Waals surface area contributed by atoms with Crippen molar-refractivity contribution < 1.29 is 8.42 Å². The molecule has 0 aromatic carbocycles. The van der Waals surface area contributed by atoms with Gasteiger partial charge in [0.15, 0.2) is 0 Å². The summed E-state index contributed by atoms with van der Waals surface area (Å²) in [6.45, 7) is 5.87. The van der Waals surface area contributed by atoms with Crippen LogP contribution in [-0.4, -0.2) is 26.0 Å². The van der Waals surface area contributed by atoms with Crippen LogP contribution in [0.25, 0.3) is 0 Å². The smallest absolute Gasteiger partial charge is 0.150 e. The summed E-state index contributed by atoms with van der Waals surface area (Å²) in [4.78, 5) is 0. The van der Waals surface area contributed by atoms with Crippen molar-refractivity contribution >= 4 is 9.84 Å². The van der Waals surface area contributed by atoms with E-state index in [0.29, 0.717) is 11.7 Å². The fourth-order valence-electron chi connectivity index (χ4n) is 1.18. The standard InChI is InChI=1S/C10H23NO2S/c1-4-14(12,13)8-6-5-7-10(11)9(2)3/h9-10H,4-8,11H2,1-3H3. The second-order valence-corrected chi connectivity index (χ2v) is 6.61. The molecule has 0 radical (unpaired) electrons. The molecule has 86 valence electrons. The molecular formula is C10H23NO2S. The van der Waals surface area contributed by atoms with Gasteiger partial charge in [-0.3, -0.25) is 0 Å². The van der Waals surface area contributed by atoms with Crippen LogP contribution in [0.15, 0.2) is 0 Å². The fraction of sp³-hybridized carbons (Fsp3) is 1.00. The maximum Gasteiger partial charge on any atom is 0.150 e. The minimum absolute atomic E-state index is 0.208. The summed E-state index contributed by atoms with van der Waals surface area (Å²) in [5.41, 5.74) is 5.85. The van der Waals surface area contributed by atoms with Crippen molar-refractivity contribution in [1.82, 2.24) is 0 Å². The zero-order valence-electron chi connectivity index (χ0n) is 9.49. The van der Waals surface area contributed by atoms with Gasteiger partial charge in [0, 0.05) is 11.8 Å². The van der Waals surface area contributed by atoms with E-state index < -0.39 is 9.84 Å². The van der Waals surface area contributed by atoms with Gasteiger partial charge >= 0.3 is 0 Å². The molecule has 3 nitrogen and oxygen atoms in total. The quantitative estimate of drug-likeness (QED) is 0.664. The Morgan fingerprint density at radius 1 is 1.21 bits per heavy atom. The lowest BCUT2D eigenvalue weighted by atomic mass is 10.00. The lowest BCUT2D eigenvalue weighted by Gasteiger charge is -2.14. The molecule has 0 fully saturated rings. The molecule has 1 atom stereocenters. The van der Waals surface area contributed by atoms with Crippen LogP contribution in [0.3, 0.4) is 0 Å². The first-order valence-electron chi connectivity index (χ1n) is 5.35. The van der Waals surface area contributed by atoms with E-state index in [1.165, 1.54) is 0 Å². The van der Waals surface area contributed by atoms with Gasteiger partial charge in [0.2, 0.25) is 0 Å². The Kier molecular flexibility index (Phi) is 6.36. The van der Waals surface area contributed by atoms with Gasteiger partial charge in [-0.1, -0.05) is 27.2 Å². The highest BCUT2D eigenvalue weighted by atomic mass is 32.2. The van der Waals surface area contributed by atoms with E-state index in [0.717, 1.165) is 19.3 Å². The minimum atomic E-state index is -2.78. The van der Waals surface area contributed by atoms with Gasteiger partial charge in [-0.05, 0) is 18.8 Å². The largest absolute Gasteiger partial charge is 0.327 e. The lowest BCUT2D eigenvalue weighted by Crippen LogP contribution is -2.26. The Balaban J connectivity index is 3.57. The van der Waals surface area contributed by atoms with Crippen LogP contribution in [0.4, 0.5) is 0 Å². The van der Waals surface area contributed by atoms with Crippen molar-refractivity contribution in [2.75, 3.05) is 11.5 Å². The van der Waals surface area contributed by atoms with Crippen molar-refractivity contribution in [2.24, 2.45) is 11.7 Å². The lowest BCUT2D eigenvalue weighted by molar-refractivity contribution is 0.449. The van der Waals surface area contributed by atoms with E-state index in [4.69, 9.17) is 5.73 Å². The van der Waals surface area contributed by atoms with E-state index in [-0.39, 0.29) is 11.8 Å². The summed E-state index contributed by atoms with van der Waals surface area (Å²) in [6.07, 6.45) is 2.59. The fourth-order valence-corrected chi connectivity index (χ4v) is 2.11. The van der Waals surface area contributed by atoms with E-state index in [1.807, 2.05) is 0 Å². The molecule has 0 spiro atoms. The zero-order chi connectivity index (χ0) is 11.2. The molecule has 0 aliphatic carbocycles. The zero-order valence-corrected chi connectivity index (χ0v) is 10.3. The maximum absolute atomic E-state index is 11.1. The monoisotopic (exact) mass is 221 g/mol. The normalized spacial score (nSPS) is 14.6. The maximum atomic E-state index is 11.1. The van der Waals surface area contributed by atoms with Gasteiger partial charge in [0.25, 0.3) is 0 Å². The number of hydrogen-bond donors (Lipinski definition) is 1. The topological polar surface area (TPSA) is 60.2 Å². The Morgan fingerprint density at radius 2 is 1.79 bits per heavy atom. The van der Waals surface area contributed by atoms with Crippen LogP contribution in [0.5, 0.6) is 0 Å². The van der Waals surface area contributed by atoms with Crippen molar-refractivity contribution in [3.63, 3.8) is 0 Å². The third-order valence-corrected chi connectivity index (χ3v) is 4.33. The molecule has 14 heavy (non-hydrogen) atoms. The van der Waals surface area contributed by atoms with Crippen LogP contribution in [0.2, 0.25) is 0 Å². The first-order valence-corrected chi connectivity index (χ1v) is 7.17. The van der Waals surface area contributed by atoms with E-state index >= 15 is 0 Å². The molecule has 0 amide bonds.